The molecule has 0 aromatic heterocycles. The SMILES string of the molecule is Cc1ccc(C(CN)Cc2ccccc2C(F)(F)F)cc1. The van der Waals surface area contributed by atoms with Gasteiger partial charge in [-0.3, -0.25) is 0 Å². The molecule has 0 radical (unpaired) electrons. The van der Waals surface area contributed by atoms with Gasteiger partial charge in [0.15, 0.2) is 0 Å². The lowest BCUT2D eigenvalue weighted by molar-refractivity contribution is -0.138. The van der Waals surface area contributed by atoms with Crippen molar-refractivity contribution in [2.75, 3.05) is 6.54 Å². The molecule has 0 saturated heterocycles. The fourth-order valence-corrected chi connectivity index (χ4v) is 2.42. The molecule has 2 aromatic rings. The number of hydrogen-bond donors (Lipinski definition) is 1. The Hall–Kier alpha value is -1.81. The largest absolute Gasteiger partial charge is 0.416 e. The summed E-state index contributed by atoms with van der Waals surface area (Å²) in [7, 11) is 0. The summed E-state index contributed by atoms with van der Waals surface area (Å²) in [5.74, 6) is -0.117. The van der Waals surface area contributed by atoms with Gasteiger partial charge in [0, 0.05) is 5.92 Å². The van der Waals surface area contributed by atoms with Gasteiger partial charge >= 0.3 is 6.18 Å². The summed E-state index contributed by atoms with van der Waals surface area (Å²) in [6.07, 6.45) is -4.04. The molecule has 0 bridgehead atoms. The van der Waals surface area contributed by atoms with Crippen LogP contribution in [0.3, 0.4) is 0 Å². The van der Waals surface area contributed by atoms with Gasteiger partial charge in [-0.1, -0.05) is 48.0 Å². The molecule has 1 atom stereocenters. The van der Waals surface area contributed by atoms with Gasteiger partial charge in [-0.2, -0.15) is 13.2 Å². The second-order valence-corrected chi connectivity index (χ2v) is 5.20. The number of halogens is 3. The first kappa shape index (κ1) is 15.6. The van der Waals surface area contributed by atoms with Crippen LogP contribution in [0.1, 0.15) is 28.2 Å². The number of hydrogen-bond acceptors (Lipinski definition) is 1. The van der Waals surface area contributed by atoms with Gasteiger partial charge < -0.3 is 5.73 Å². The van der Waals surface area contributed by atoms with E-state index in [0.717, 1.165) is 17.2 Å². The summed E-state index contributed by atoms with van der Waals surface area (Å²) >= 11 is 0. The maximum absolute atomic E-state index is 13.0. The van der Waals surface area contributed by atoms with Crippen molar-refractivity contribution >= 4 is 0 Å². The Morgan fingerprint density at radius 2 is 1.62 bits per heavy atom. The van der Waals surface area contributed by atoms with Crippen molar-refractivity contribution in [3.05, 3.63) is 70.8 Å². The second kappa shape index (κ2) is 6.31. The lowest BCUT2D eigenvalue weighted by Gasteiger charge is -2.19. The first-order chi connectivity index (χ1) is 9.91. The number of alkyl halides is 3. The Morgan fingerprint density at radius 1 is 1.00 bits per heavy atom. The van der Waals surface area contributed by atoms with Crippen molar-refractivity contribution in [2.24, 2.45) is 5.73 Å². The van der Waals surface area contributed by atoms with E-state index in [1.807, 2.05) is 31.2 Å². The molecule has 2 N–H and O–H groups in total. The van der Waals surface area contributed by atoms with Gasteiger partial charge in [0.05, 0.1) is 5.56 Å². The minimum Gasteiger partial charge on any atom is -0.330 e. The molecule has 0 fully saturated rings. The normalized spacial score (nSPS) is 13.2. The van der Waals surface area contributed by atoms with Crippen LogP contribution in [0.4, 0.5) is 13.2 Å². The van der Waals surface area contributed by atoms with E-state index in [9.17, 15) is 13.2 Å². The summed E-state index contributed by atoms with van der Waals surface area (Å²) in [6.45, 7) is 2.29. The molecule has 0 saturated carbocycles. The highest BCUT2D eigenvalue weighted by Gasteiger charge is 2.33. The highest BCUT2D eigenvalue weighted by atomic mass is 19.4. The topological polar surface area (TPSA) is 26.0 Å². The zero-order chi connectivity index (χ0) is 15.5. The van der Waals surface area contributed by atoms with Gasteiger partial charge in [0.2, 0.25) is 0 Å². The molecule has 0 aliphatic rings. The van der Waals surface area contributed by atoms with Crippen molar-refractivity contribution < 1.29 is 13.2 Å². The van der Waals surface area contributed by atoms with Crippen LogP contribution in [0.5, 0.6) is 0 Å². The predicted molar refractivity (Wildman–Crippen MR) is 78.1 cm³/mol. The van der Waals surface area contributed by atoms with Crippen LogP contribution in [0.2, 0.25) is 0 Å². The average molecular weight is 293 g/mol. The van der Waals surface area contributed by atoms with Gasteiger partial charge in [-0.15, -0.1) is 0 Å². The van der Waals surface area contributed by atoms with Crippen LogP contribution < -0.4 is 5.73 Å². The predicted octanol–water partition coefficient (Wildman–Crippen LogP) is 4.30. The van der Waals surface area contributed by atoms with Gasteiger partial charge in [-0.25, -0.2) is 0 Å². The molecule has 4 heteroatoms. The molecule has 0 heterocycles. The Labute approximate surface area is 122 Å². The number of nitrogens with two attached hydrogens (primary N) is 1. The van der Waals surface area contributed by atoms with Crippen molar-refractivity contribution in [3.63, 3.8) is 0 Å². The summed E-state index contributed by atoms with van der Waals surface area (Å²) in [4.78, 5) is 0. The standard InChI is InChI=1S/C17H18F3N/c1-12-6-8-13(9-7-12)15(11-21)10-14-4-2-3-5-16(14)17(18,19)20/h2-9,15H,10-11,21H2,1H3. The lowest BCUT2D eigenvalue weighted by atomic mass is 9.89. The fraction of sp³-hybridized carbons (Fsp3) is 0.294. The van der Waals surface area contributed by atoms with Gasteiger partial charge in [-0.05, 0) is 37.1 Å². The number of aryl methyl sites for hydroxylation is 1. The zero-order valence-corrected chi connectivity index (χ0v) is 11.8. The third-order valence-electron chi connectivity index (χ3n) is 3.62. The zero-order valence-electron chi connectivity index (χ0n) is 11.8. The van der Waals surface area contributed by atoms with Gasteiger partial charge in [0.25, 0.3) is 0 Å². The molecule has 0 amide bonds. The molecule has 1 unspecified atom stereocenters. The van der Waals surface area contributed by atoms with E-state index in [4.69, 9.17) is 5.73 Å². The molecule has 2 rings (SSSR count). The van der Waals surface area contributed by atoms with Crippen molar-refractivity contribution in [3.8, 4) is 0 Å². The van der Waals surface area contributed by atoms with Crippen LogP contribution in [-0.2, 0) is 12.6 Å². The first-order valence-electron chi connectivity index (χ1n) is 6.83. The number of benzene rings is 2. The maximum atomic E-state index is 13.0. The van der Waals surface area contributed by atoms with Crippen LogP contribution in [-0.4, -0.2) is 6.54 Å². The molecule has 0 aliphatic heterocycles. The van der Waals surface area contributed by atoms with Crippen LogP contribution >= 0.6 is 0 Å². The molecule has 2 aromatic carbocycles. The summed E-state index contributed by atoms with van der Waals surface area (Å²) in [6, 6.07) is 13.5. The molecular formula is C17H18F3N. The van der Waals surface area contributed by atoms with Gasteiger partial charge in [0.1, 0.15) is 0 Å². The average Bonchev–Trinajstić information content (AvgIpc) is 2.45. The van der Waals surface area contributed by atoms with E-state index in [1.165, 1.54) is 12.1 Å². The second-order valence-electron chi connectivity index (χ2n) is 5.20. The Kier molecular flexibility index (Phi) is 4.68. The Bertz CT molecular complexity index is 588. The molecule has 112 valence electrons. The third kappa shape index (κ3) is 3.85. The summed E-state index contributed by atoms with van der Waals surface area (Å²) in [5.41, 5.74) is 7.58. The van der Waals surface area contributed by atoms with Crippen molar-refractivity contribution in [1.29, 1.82) is 0 Å². The molecular weight excluding hydrogens is 275 g/mol. The van der Waals surface area contributed by atoms with E-state index in [-0.39, 0.29) is 12.3 Å². The van der Waals surface area contributed by atoms with E-state index in [2.05, 4.69) is 0 Å². The molecule has 0 aliphatic carbocycles. The van der Waals surface area contributed by atoms with Crippen LogP contribution in [0.25, 0.3) is 0 Å². The van der Waals surface area contributed by atoms with Crippen molar-refractivity contribution in [2.45, 2.75) is 25.4 Å². The Morgan fingerprint density at radius 3 is 2.19 bits per heavy atom. The van der Waals surface area contributed by atoms with Crippen molar-refractivity contribution in [1.82, 2.24) is 0 Å². The molecule has 1 nitrogen and oxygen atoms in total. The van der Waals surface area contributed by atoms with E-state index < -0.39 is 11.7 Å². The fourth-order valence-electron chi connectivity index (χ4n) is 2.42. The van der Waals surface area contributed by atoms with E-state index in [1.54, 1.807) is 6.07 Å². The minimum atomic E-state index is -4.33. The summed E-state index contributed by atoms with van der Waals surface area (Å²) < 4.78 is 39.1. The smallest absolute Gasteiger partial charge is 0.330 e. The highest BCUT2D eigenvalue weighted by molar-refractivity contribution is 5.33. The third-order valence-corrected chi connectivity index (χ3v) is 3.62. The minimum absolute atomic E-state index is 0.117. The quantitative estimate of drug-likeness (QED) is 0.893. The summed E-state index contributed by atoms with van der Waals surface area (Å²) in [5, 5.41) is 0. The number of rotatable bonds is 4. The first-order valence-corrected chi connectivity index (χ1v) is 6.83. The molecule has 21 heavy (non-hydrogen) atoms. The van der Waals surface area contributed by atoms with Crippen LogP contribution in [0, 0.1) is 6.92 Å². The highest BCUT2D eigenvalue weighted by Crippen LogP contribution is 2.34. The van der Waals surface area contributed by atoms with E-state index >= 15 is 0 Å². The molecule has 0 spiro atoms. The van der Waals surface area contributed by atoms with E-state index in [0.29, 0.717) is 12.1 Å². The Balaban J connectivity index is 2.29. The maximum Gasteiger partial charge on any atom is 0.416 e. The monoisotopic (exact) mass is 293 g/mol. The lowest BCUT2D eigenvalue weighted by Crippen LogP contribution is -2.17. The van der Waals surface area contributed by atoms with Crippen LogP contribution in [0.15, 0.2) is 48.5 Å².